The van der Waals surface area contributed by atoms with Gasteiger partial charge in [-0.3, -0.25) is 0 Å². The zero-order chi connectivity index (χ0) is 11.4. The average Bonchev–Trinajstić information content (AvgIpc) is 2.19. The van der Waals surface area contributed by atoms with Crippen LogP contribution < -0.4 is 5.32 Å². The summed E-state index contributed by atoms with van der Waals surface area (Å²) in [6, 6.07) is 6.40. The van der Waals surface area contributed by atoms with E-state index < -0.39 is 0 Å². The third kappa shape index (κ3) is 3.20. The first kappa shape index (κ1) is 13.0. The van der Waals surface area contributed by atoms with E-state index in [1.54, 1.807) is 0 Å². The van der Waals surface area contributed by atoms with Crippen LogP contribution in [0.1, 0.15) is 32.4 Å². The molecule has 0 saturated heterocycles. The summed E-state index contributed by atoms with van der Waals surface area (Å²) in [5.74, 6) is 0.525. The number of hydrogen-bond acceptors (Lipinski definition) is 1. The van der Waals surface area contributed by atoms with Crippen molar-refractivity contribution in [3.63, 3.8) is 0 Å². The zero-order valence-corrected chi connectivity index (χ0v) is 11.7. The lowest BCUT2D eigenvalue weighted by molar-refractivity contribution is 0.422. The molecule has 1 rings (SSSR count). The van der Waals surface area contributed by atoms with Crippen molar-refractivity contribution in [2.75, 3.05) is 6.54 Å². The first-order valence-corrected chi connectivity index (χ1v) is 6.42. The molecule has 0 fully saturated rings. The summed E-state index contributed by atoms with van der Waals surface area (Å²) in [5.41, 5.74) is 1.17. The average molecular weight is 291 g/mol. The number of hydrogen-bond donors (Lipinski definition) is 1. The van der Waals surface area contributed by atoms with Gasteiger partial charge in [-0.25, -0.2) is 0 Å². The van der Waals surface area contributed by atoms with Gasteiger partial charge in [0, 0.05) is 10.5 Å². The van der Waals surface area contributed by atoms with E-state index in [0.717, 1.165) is 16.0 Å². The fourth-order valence-corrected chi connectivity index (χ4v) is 2.31. The molecule has 84 valence electrons. The topological polar surface area (TPSA) is 12.0 Å². The Balaban J connectivity index is 3.05. The summed E-state index contributed by atoms with van der Waals surface area (Å²) < 4.78 is 0.963. The van der Waals surface area contributed by atoms with Gasteiger partial charge < -0.3 is 5.32 Å². The SMILES string of the molecule is CCNC(c1cccc(Br)c1Cl)C(C)C. The molecule has 0 aromatic heterocycles. The molecule has 0 bridgehead atoms. The Morgan fingerprint density at radius 1 is 1.40 bits per heavy atom. The normalized spacial score (nSPS) is 13.2. The number of halogens is 2. The van der Waals surface area contributed by atoms with E-state index in [9.17, 15) is 0 Å². The summed E-state index contributed by atoms with van der Waals surface area (Å²) in [5, 5.41) is 4.28. The van der Waals surface area contributed by atoms with Crippen LogP contribution in [0.25, 0.3) is 0 Å². The summed E-state index contributed by atoms with van der Waals surface area (Å²) in [4.78, 5) is 0. The largest absolute Gasteiger partial charge is 0.310 e. The Kier molecular flexibility index (Phi) is 5.10. The van der Waals surface area contributed by atoms with Gasteiger partial charge in [0.25, 0.3) is 0 Å². The van der Waals surface area contributed by atoms with Crippen LogP contribution in [0.4, 0.5) is 0 Å². The Hall–Kier alpha value is -0.0500. The molecule has 3 heteroatoms. The van der Waals surface area contributed by atoms with Crippen LogP contribution in [-0.4, -0.2) is 6.54 Å². The lowest BCUT2D eigenvalue weighted by Crippen LogP contribution is -2.25. The lowest BCUT2D eigenvalue weighted by Gasteiger charge is -2.23. The summed E-state index contributed by atoms with van der Waals surface area (Å²) in [7, 11) is 0. The van der Waals surface area contributed by atoms with Crippen LogP contribution in [0.15, 0.2) is 22.7 Å². The minimum absolute atomic E-state index is 0.319. The molecule has 15 heavy (non-hydrogen) atoms. The van der Waals surface area contributed by atoms with E-state index in [0.29, 0.717) is 12.0 Å². The van der Waals surface area contributed by atoms with Crippen molar-refractivity contribution in [1.82, 2.24) is 5.32 Å². The van der Waals surface area contributed by atoms with E-state index in [1.165, 1.54) is 5.56 Å². The fourth-order valence-electron chi connectivity index (χ4n) is 1.69. The van der Waals surface area contributed by atoms with Crippen molar-refractivity contribution in [2.24, 2.45) is 5.92 Å². The van der Waals surface area contributed by atoms with Gasteiger partial charge in [0.2, 0.25) is 0 Å². The zero-order valence-electron chi connectivity index (χ0n) is 9.35. The van der Waals surface area contributed by atoms with Gasteiger partial charge in [0.05, 0.1) is 5.02 Å². The van der Waals surface area contributed by atoms with Gasteiger partial charge in [0.1, 0.15) is 0 Å². The van der Waals surface area contributed by atoms with E-state index in [1.807, 2.05) is 12.1 Å². The number of benzene rings is 1. The molecular formula is C12H17BrClN. The minimum atomic E-state index is 0.319. The predicted molar refractivity (Wildman–Crippen MR) is 70.4 cm³/mol. The van der Waals surface area contributed by atoms with Crippen LogP contribution >= 0.6 is 27.5 Å². The standard InChI is InChI=1S/C12H17BrClN/c1-4-15-12(8(2)3)9-6-5-7-10(13)11(9)14/h5-8,12,15H,4H2,1-3H3. The van der Waals surface area contributed by atoms with Crippen LogP contribution in [-0.2, 0) is 0 Å². The van der Waals surface area contributed by atoms with Crippen molar-refractivity contribution in [2.45, 2.75) is 26.8 Å². The van der Waals surface area contributed by atoms with Crippen molar-refractivity contribution < 1.29 is 0 Å². The van der Waals surface area contributed by atoms with Gasteiger partial charge in [-0.15, -0.1) is 0 Å². The highest BCUT2D eigenvalue weighted by Crippen LogP contribution is 2.33. The van der Waals surface area contributed by atoms with Crippen LogP contribution in [0.2, 0.25) is 5.02 Å². The van der Waals surface area contributed by atoms with Gasteiger partial charge >= 0.3 is 0 Å². The molecule has 0 aliphatic rings. The van der Waals surface area contributed by atoms with E-state index in [4.69, 9.17) is 11.6 Å². The molecule has 0 heterocycles. The van der Waals surface area contributed by atoms with Gasteiger partial charge in [-0.2, -0.15) is 0 Å². The molecule has 1 aromatic rings. The van der Waals surface area contributed by atoms with Crippen LogP contribution in [0, 0.1) is 5.92 Å². The number of nitrogens with one attached hydrogen (secondary N) is 1. The maximum absolute atomic E-state index is 6.28. The van der Waals surface area contributed by atoms with Crippen molar-refractivity contribution in [3.8, 4) is 0 Å². The lowest BCUT2D eigenvalue weighted by atomic mass is 9.96. The highest BCUT2D eigenvalue weighted by Gasteiger charge is 2.18. The van der Waals surface area contributed by atoms with Crippen molar-refractivity contribution in [1.29, 1.82) is 0 Å². The predicted octanol–water partition coefficient (Wildman–Crippen LogP) is 4.41. The first-order chi connectivity index (χ1) is 7.07. The van der Waals surface area contributed by atoms with Crippen LogP contribution in [0.5, 0.6) is 0 Å². The van der Waals surface area contributed by atoms with Gasteiger partial charge in [-0.1, -0.05) is 44.5 Å². The van der Waals surface area contributed by atoms with E-state index in [-0.39, 0.29) is 0 Å². The highest BCUT2D eigenvalue weighted by atomic mass is 79.9. The second kappa shape index (κ2) is 5.88. The Labute approximate surface area is 105 Å². The molecule has 0 spiro atoms. The molecule has 1 N–H and O–H groups in total. The summed E-state index contributed by atoms with van der Waals surface area (Å²) in [6.07, 6.45) is 0. The third-order valence-corrected chi connectivity index (χ3v) is 3.72. The number of rotatable bonds is 4. The summed E-state index contributed by atoms with van der Waals surface area (Å²) in [6.45, 7) is 7.46. The molecular weight excluding hydrogens is 273 g/mol. The molecule has 0 aliphatic carbocycles. The molecule has 1 nitrogen and oxygen atoms in total. The minimum Gasteiger partial charge on any atom is -0.310 e. The Morgan fingerprint density at radius 3 is 2.60 bits per heavy atom. The highest BCUT2D eigenvalue weighted by molar-refractivity contribution is 9.10. The second-order valence-corrected chi connectivity index (χ2v) is 5.15. The van der Waals surface area contributed by atoms with E-state index >= 15 is 0 Å². The molecule has 1 aromatic carbocycles. The summed E-state index contributed by atoms with van der Waals surface area (Å²) >= 11 is 9.74. The van der Waals surface area contributed by atoms with Crippen LogP contribution in [0.3, 0.4) is 0 Å². The maximum atomic E-state index is 6.28. The Bertz CT molecular complexity index is 325. The van der Waals surface area contributed by atoms with Gasteiger partial charge in [-0.05, 0) is 40.0 Å². The molecule has 0 amide bonds. The van der Waals surface area contributed by atoms with Gasteiger partial charge in [0.15, 0.2) is 0 Å². The monoisotopic (exact) mass is 289 g/mol. The third-order valence-electron chi connectivity index (χ3n) is 2.41. The Morgan fingerprint density at radius 2 is 2.07 bits per heavy atom. The maximum Gasteiger partial charge on any atom is 0.0595 e. The molecule has 0 saturated carbocycles. The second-order valence-electron chi connectivity index (χ2n) is 3.92. The molecule has 1 atom stereocenters. The molecule has 1 unspecified atom stereocenters. The van der Waals surface area contributed by atoms with E-state index in [2.05, 4.69) is 48.1 Å². The van der Waals surface area contributed by atoms with Crippen molar-refractivity contribution >= 4 is 27.5 Å². The molecule has 0 aliphatic heterocycles. The fraction of sp³-hybridized carbons (Fsp3) is 0.500. The molecule has 0 radical (unpaired) electrons. The quantitative estimate of drug-likeness (QED) is 0.866. The first-order valence-electron chi connectivity index (χ1n) is 5.25. The smallest absolute Gasteiger partial charge is 0.0595 e. The van der Waals surface area contributed by atoms with Crippen molar-refractivity contribution in [3.05, 3.63) is 33.3 Å².